The van der Waals surface area contributed by atoms with Gasteiger partial charge in [-0.05, 0) is 30.1 Å². The number of ketones is 1. The molecule has 1 saturated heterocycles. The van der Waals surface area contributed by atoms with Crippen molar-refractivity contribution in [2.45, 2.75) is 6.92 Å². The Hall–Kier alpha value is -0.740. The lowest BCUT2D eigenvalue weighted by molar-refractivity contribution is 0.0903. The monoisotopic (exact) mass is 196 g/mol. The van der Waals surface area contributed by atoms with E-state index in [2.05, 4.69) is 16.6 Å². The summed E-state index contributed by atoms with van der Waals surface area (Å²) in [7, 11) is 0. The molecule has 1 aliphatic rings. The standard InChI is InChI=1S/C9H12N2OS/c1-6-4-10-5-7(6)9(12)8-2-3-13-11-8/h2-3,6-7,10H,4-5H2,1H3. The van der Waals surface area contributed by atoms with Crippen LogP contribution in [0.1, 0.15) is 17.4 Å². The molecule has 2 heterocycles. The fourth-order valence-corrected chi connectivity index (χ4v) is 2.21. The number of aromatic nitrogens is 1. The molecule has 4 heteroatoms. The second-order valence-electron chi connectivity index (χ2n) is 3.49. The molecule has 0 bridgehead atoms. The Morgan fingerprint density at radius 1 is 1.69 bits per heavy atom. The van der Waals surface area contributed by atoms with E-state index in [9.17, 15) is 4.79 Å². The van der Waals surface area contributed by atoms with Gasteiger partial charge in [0.15, 0.2) is 5.78 Å². The van der Waals surface area contributed by atoms with E-state index in [1.54, 1.807) is 6.07 Å². The summed E-state index contributed by atoms with van der Waals surface area (Å²) < 4.78 is 4.06. The maximum absolute atomic E-state index is 11.8. The summed E-state index contributed by atoms with van der Waals surface area (Å²) in [6, 6.07) is 1.80. The topological polar surface area (TPSA) is 42.0 Å². The van der Waals surface area contributed by atoms with Crippen LogP contribution in [0.3, 0.4) is 0 Å². The number of nitrogens with one attached hydrogen (secondary N) is 1. The van der Waals surface area contributed by atoms with E-state index in [1.165, 1.54) is 11.5 Å². The molecule has 2 rings (SSSR count). The number of hydrogen-bond acceptors (Lipinski definition) is 4. The van der Waals surface area contributed by atoms with Gasteiger partial charge in [-0.1, -0.05) is 6.92 Å². The predicted molar refractivity (Wildman–Crippen MR) is 52.0 cm³/mol. The minimum absolute atomic E-state index is 0.127. The van der Waals surface area contributed by atoms with Crippen molar-refractivity contribution in [1.82, 2.24) is 9.69 Å². The van der Waals surface area contributed by atoms with E-state index in [-0.39, 0.29) is 11.7 Å². The smallest absolute Gasteiger partial charge is 0.186 e. The number of carbonyl (C=O) groups excluding carboxylic acids is 1. The first-order valence-corrected chi connectivity index (χ1v) is 5.28. The maximum Gasteiger partial charge on any atom is 0.186 e. The normalized spacial score (nSPS) is 27.8. The molecule has 2 unspecified atom stereocenters. The van der Waals surface area contributed by atoms with Crippen LogP contribution in [0.15, 0.2) is 11.4 Å². The molecule has 1 aromatic rings. The number of nitrogens with zero attached hydrogens (tertiary/aromatic N) is 1. The minimum Gasteiger partial charge on any atom is -0.316 e. The largest absolute Gasteiger partial charge is 0.316 e. The molecular formula is C9H12N2OS. The first-order chi connectivity index (χ1) is 6.29. The van der Waals surface area contributed by atoms with E-state index < -0.39 is 0 Å². The lowest BCUT2D eigenvalue weighted by atomic mass is 9.92. The third-order valence-corrected chi connectivity index (χ3v) is 3.10. The van der Waals surface area contributed by atoms with Crippen molar-refractivity contribution in [3.05, 3.63) is 17.1 Å². The van der Waals surface area contributed by atoms with Gasteiger partial charge in [0.25, 0.3) is 0 Å². The molecule has 1 aromatic heterocycles. The molecule has 0 aromatic carbocycles. The van der Waals surface area contributed by atoms with Crippen LogP contribution in [0.5, 0.6) is 0 Å². The Balaban J connectivity index is 2.13. The molecule has 70 valence electrons. The fourth-order valence-electron chi connectivity index (χ4n) is 1.69. The highest BCUT2D eigenvalue weighted by atomic mass is 32.1. The number of carbonyl (C=O) groups is 1. The summed E-state index contributed by atoms with van der Waals surface area (Å²) in [5.41, 5.74) is 0.630. The van der Waals surface area contributed by atoms with Crippen LogP contribution in [-0.4, -0.2) is 23.2 Å². The van der Waals surface area contributed by atoms with Crippen LogP contribution in [0, 0.1) is 11.8 Å². The fraction of sp³-hybridized carbons (Fsp3) is 0.556. The van der Waals surface area contributed by atoms with Gasteiger partial charge in [-0.25, -0.2) is 0 Å². The molecule has 2 atom stereocenters. The third-order valence-electron chi connectivity index (χ3n) is 2.54. The Morgan fingerprint density at radius 3 is 3.08 bits per heavy atom. The second kappa shape index (κ2) is 3.55. The molecule has 1 aliphatic heterocycles. The van der Waals surface area contributed by atoms with Gasteiger partial charge < -0.3 is 5.32 Å². The van der Waals surface area contributed by atoms with Gasteiger partial charge in [0.1, 0.15) is 5.69 Å². The average Bonchev–Trinajstić information content (AvgIpc) is 2.72. The van der Waals surface area contributed by atoms with Crippen molar-refractivity contribution < 1.29 is 4.79 Å². The molecule has 1 fully saturated rings. The summed E-state index contributed by atoms with van der Waals surface area (Å²) >= 11 is 1.34. The van der Waals surface area contributed by atoms with Gasteiger partial charge in [0, 0.05) is 17.8 Å². The van der Waals surface area contributed by atoms with Crippen LogP contribution in [-0.2, 0) is 0 Å². The second-order valence-corrected chi connectivity index (χ2v) is 4.16. The minimum atomic E-state index is 0.127. The molecule has 13 heavy (non-hydrogen) atoms. The van der Waals surface area contributed by atoms with Gasteiger partial charge in [-0.15, -0.1) is 0 Å². The zero-order chi connectivity index (χ0) is 9.26. The number of hydrogen-bond donors (Lipinski definition) is 1. The Kier molecular flexibility index (Phi) is 2.42. The van der Waals surface area contributed by atoms with Crippen LogP contribution >= 0.6 is 11.5 Å². The van der Waals surface area contributed by atoms with E-state index in [1.807, 2.05) is 5.38 Å². The highest BCUT2D eigenvalue weighted by Gasteiger charge is 2.30. The first kappa shape index (κ1) is 8.84. The molecule has 0 aliphatic carbocycles. The highest BCUT2D eigenvalue weighted by molar-refractivity contribution is 7.03. The summed E-state index contributed by atoms with van der Waals surface area (Å²) in [4.78, 5) is 11.8. The molecule has 0 saturated carbocycles. The van der Waals surface area contributed by atoms with E-state index in [0.717, 1.165) is 13.1 Å². The van der Waals surface area contributed by atoms with Crippen molar-refractivity contribution in [2.24, 2.45) is 11.8 Å². The summed E-state index contributed by atoms with van der Waals surface area (Å²) in [6.07, 6.45) is 0. The van der Waals surface area contributed by atoms with E-state index in [0.29, 0.717) is 11.6 Å². The summed E-state index contributed by atoms with van der Waals surface area (Å²) in [6.45, 7) is 3.85. The molecule has 1 N–H and O–H groups in total. The molecule has 0 spiro atoms. The van der Waals surface area contributed by atoms with Crippen molar-refractivity contribution in [2.75, 3.05) is 13.1 Å². The Morgan fingerprint density at radius 2 is 2.54 bits per heavy atom. The number of rotatable bonds is 2. The van der Waals surface area contributed by atoms with Crippen molar-refractivity contribution >= 4 is 17.3 Å². The van der Waals surface area contributed by atoms with Crippen LogP contribution in [0.25, 0.3) is 0 Å². The maximum atomic E-state index is 11.8. The first-order valence-electron chi connectivity index (χ1n) is 4.44. The van der Waals surface area contributed by atoms with Crippen molar-refractivity contribution in [3.63, 3.8) is 0 Å². The van der Waals surface area contributed by atoms with Gasteiger partial charge in [0.2, 0.25) is 0 Å². The van der Waals surface area contributed by atoms with E-state index in [4.69, 9.17) is 0 Å². The van der Waals surface area contributed by atoms with Gasteiger partial charge in [-0.2, -0.15) is 4.37 Å². The van der Waals surface area contributed by atoms with Crippen LogP contribution in [0.4, 0.5) is 0 Å². The van der Waals surface area contributed by atoms with Gasteiger partial charge in [-0.3, -0.25) is 4.79 Å². The van der Waals surface area contributed by atoms with Crippen LogP contribution in [0.2, 0.25) is 0 Å². The zero-order valence-corrected chi connectivity index (χ0v) is 8.30. The van der Waals surface area contributed by atoms with Crippen molar-refractivity contribution in [3.8, 4) is 0 Å². The quantitative estimate of drug-likeness (QED) is 0.722. The summed E-state index contributed by atoms with van der Waals surface area (Å²) in [5, 5.41) is 5.07. The molecule has 0 amide bonds. The predicted octanol–water partition coefficient (Wildman–Crippen LogP) is 1.18. The Labute approximate surface area is 81.3 Å². The van der Waals surface area contributed by atoms with E-state index >= 15 is 0 Å². The SMILES string of the molecule is CC1CNCC1C(=O)c1ccsn1. The average molecular weight is 196 g/mol. The highest BCUT2D eigenvalue weighted by Crippen LogP contribution is 2.20. The van der Waals surface area contributed by atoms with Crippen molar-refractivity contribution in [1.29, 1.82) is 0 Å². The molecule has 3 nitrogen and oxygen atoms in total. The lowest BCUT2D eigenvalue weighted by Crippen LogP contribution is -2.21. The van der Waals surface area contributed by atoms with Crippen LogP contribution < -0.4 is 5.32 Å². The zero-order valence-electron chi connectivity index (χ0n) is 7.49. The molecule has 0 radical (unpaired) electrons. The number of Topliss-reactive ketones (excluding diaryl/α,β-unsaturated/α-hetero) is 1. The lowest BCUT2D eigenvalue weighted by Gasteiger charge is -2.10. The summed E-state index contributed by atoms with van der Waals surface area (Å²) in [5.74, 6) is 0.759. The van der Waals surface area contributed by atoms with Gasteiger partial charge >= 0.3 is 0 Å². The Bertz CT molecular complexity index is 297. The van der Waals surface area contributed by atoms with Gasteiger partial charge in [0.05, 0.1) is 0 Å². The third kappa shape index (κ3) is 1.64. The molecular weight excluding hydrogens is 184 g/mol.